The molecule has 0 radical (unpaired) electrons. The number of rotatable bonds is 2. The first-order chi connectivity index (χ1) is 9.78. The summed E-state index contributed by atoms with van der Waals surface area (Å²) in [7, 11) is 0. The van der Waals surface area contributed by atoms with Crippen molar-refractivity contribution in [3.05, 3.63) is 47.9 Å². The van der Waals surface area contributed by atoms with Crippen LogP contribution in [0.1, 0.15) is 23.6 Å². The zero-order valence-electron chi connectivity index (χ0n) is 10.7. The molecular weight excluding hydrogens is 252 g/mol. The number of nitrogens with one attached hydrogen (secondary N) is 1. The Labute approximate surface area is 116 Å². The second kappa shape index (κ2) is 5.10. The number of carbonyl (C=O) groups is 1. The Hall–Kier alpha value is -2.74. The highest BCUT2D eigenvalue weighted by molar-refractivity contribution is 5.79. The predicted molar refractivity (Wildman–Crippen MR) is 72.6 cm³/mol. The van der Waals surface area contributed by atoms with Gasteiger partial charge in [-0.1, -0.05) is 24.3 Å². The molecular formula is C15H12N4O. The van der Waals surface area contributed by atoms with E-state index in [-0.39, 0.29) is 11.8 Å². The summed E-state index contributed by atoms with van der Waals surface area (Å²) in [6.45, 7) is 0.687. The van der Waals surface area contributed by atoms with E-state index >= 15 is 0 Å². The Kier molecular flexibility index (Phi) is 3.13. The monoisotopic (exact) mass is 264 g/mol. The van der Waals surface area contributed by atoms with Crippen molar-refractivity contribution in [3.8, 4) is 17.3 Å². The maximum absolute atomic E-state index is 11.2. The highest BCUT2D eigenvalue weighted by atomic mass is 16.1. The molecule has 1 amide bonds. The molecule has 5 heteroatoms. The molecule has 20 heavy (non-hydrogen) atoms. The first kappa shape index (κ1) is 12.3. The van der Waals surface area contributed by atoms with Gasteiger partial charge in [0.05, 0.1) is 0 Å². The number of amides is 1. The molecule has 1 unspecified atom stereocenters. The normalized spacial score (nSPS) is 17.6. The molecule has 1 atom stereocenters. The molecule has 0 bridgehead atoms. The lowest BCUT2D eigenvalue weighted by atomic mass is 9.96. The molecule has 1 saturated heterocycles. The summed E-state index contributed by atoms with van der Waals surface area (Å²) in [5.74, 6) is 0.327. The van der Waals surface area contributed by atoms with Crippen molar-refractivity contribution in [2.24, 2.45) is 0 Å². The summed E-state index contributed by atoms with van der Waals surface area (Å²) in [4.78, 5) is 19.4. The third-order valence-electron chi connectivity index (χ3n) is 3.44. The van der Waals surface area contributed by atoms with E-state index in [1.165, 1.54) is 6.20 Å². The van der Waals surface area contributed by atoms with Crippen molar-refractivity contribution >= 4 is 5.91 Å². The first-order valence-electron chi connectivity index (χ1n) is 6.36. The maximum Gasteiger partial charge on any atom is 0.220 e. The second-order valence-corrected chi connectivity index (χ2v) is 4.69. The molecule has 1 aliphatic heterocycles. The van der Waals surface area contributed by atoms with Crippen LogP contribution in [0.25, 0.3) is 11.3 Å². The third-order valence-corrected chi connectivity index (χ3v) is 3.44. The minimum atomic E-state index is 0.0970. The molecule has 1 fully saturated rings. The molecule has 1 aliphatic rings. The van der Waals surface area contributed by atoms with Gasteiger partial charge in [-0.25, -0.2) is 4.98 Å². The zero-order chi connectivity index (χ0) is 13.9. The van der Waals surface area contributed by atoms with Gasteiger partial charge >= 0.3 is 0 Å². The standard InChI is InChI=1S/C15H12N4O/c16-8-13-15(18-6-5-17-13)11-3-1-10(2-4-11)12-7-14(20)19-9-12/h1-6,12H,7,9H2,(H,19,20). The minimum Gasteiger partial charge on any atom is -0.355 e. The number of nitrogens with zero attached hydrogens (tertiary/aromatic N) is 3. The van der Waals surface area contributed by atoms with Crippen molar-refractivity contribution in [2.45, 2.75) is 12.3 Å². The van der Waals surface area contributed by atoms with Gasteiger partial charge in [0.15, 0.2) is 5.69 Å². The minimum absolute atomic E-state index is 0.0970. The molecule has 1 N–H and O–H groups in total. The molecule has 5 nitrogen and oxygen atoms in total. The van der Waals surface area contributed by atoms with Gasteiger partial charge in [0.2, 0.25) is 5.91 Å². The Bertz CT molecular complexity index is 688. The van der Waals surface area contributed by atoms with Crippen molar-refractivity contribution < 1.29 is 4.79 Å². The average molecular weight is 264 g/mol. The summed E-state index contributed by atoms with van der Waals surface area (Å²) in [5, 5.41) is 11.9. The molecule has 2 heterocycles. The quantitative estimate of drug-likeness (QED) is 0.894. The smallest absolute Gasteiger partial charge is 0.220 e. The summed E-state index contributed by atoms with van der Waals surface area (Å²) in [6.07, 6.45) is 3.61. The van der Waals surface area contributed by atoms with Gasteiger partial charge in [0, 0.05) is 36.8 Å². The fourth-order valence-electron chi connectivity index (χ4n) is 2.39. The van der Waals surface area contributed by atoms with Crippen LogP contribution in [0.2, 0.25) is 0 Å². The molecule has 1 aromatic carbocycles. The van der Waals surface area contributed by atoms with E-state index in [4.69, 9.17) is 5.26 Å². The molecule has 2 aromatic rings. The highest BCUT2D eigenvalue weighted by Crippen LogP contribution is 2.26. The molecule has 98 valence electrons. The second-order valence-electron chi connectivity index (χ2n) is 4.69. The first-order valence-corrected chi connectivity index (χ1v) is 6.36. The summed E-state index contributed by atoms with van der Waals surface area (Å²) >= 11 is 0. The van der Waals surface area contributed by atoms with Crippen molar-refractivity contribution in [3.63, 3.8) is 0 Å². The van der Waals surface area contributed by atoms with Crippen LogP contribution >= 0.6 is 0 Å². The highest BCUT2D eigenvalue weighted by Gasteiger charge is 2.22. The topological polar surface area (TPSA) is 78.7 Å². The number of carbonyl (C=O) groups excluding carboxylic acids is 1. The van der Waals surface area contributed by atoms with Crippen LogP contribution in [-0.4, -0.2) is 22.4 Å². The van der Waals surface area contributed by atoms with Crippen molar-refractivity contribution in [1.82, 2.24) is 15.3 Å². The summed E-state index contributed by atoms with van der Waals surface area (Å²) in [6, 6.07) is 9.85. The van der Waals surface area contributed by atoms with Gasteiger partial charge < -0.3 is 5.32 Å². The Balaban J connectivity index is 1.90. The Morgan fingerprint density at radius 2 is 1.95 bits per heavy atom. The lowest BCUT2D eigenvalue weighted by Crippen LogP contribution is -2.13. The SMILES string of the molecule is N#Cc1nccnc1-c1ccc(C2CNC(=O)C2)cc1. The molecule has 3 rings (SSSR count). The predicted octanol–water partition coefficient (Wildman–Crippen LogP) is 1.62. The largest absolute Gasteiger partial charge is 0.355 e. The van der Waals surface area contributed by atoms with Gasteiger partial charge in [-0.2, -0.15) is 5.26 Å². The van der Waals surface area contributed by atoms with E-state index in [1.807, 2.05) is 30.3 Å². The van der Waals surface area contributed by atoms with Gasteiger partial charge in [0.1, 0.15) is 11.8 Å². The van der Waals surface area contributed by atoms with E-state index in [9.17, 15) is 4.79 Å². The average Bonchev–Trinajstić information content (AvgIpc) is 2.94. The number of aromatic nitrogens is 2. The number of hydrogen-bond acceptors (Lipinski definition) is 4. The van der Waals surface area contributed by atoms with Gasteiger partial charge in [-0.05, 0) is 5.56 Å². The van der Waals surface area contributed by atoms with Crippen molar-refractivity contribution in [1.29, 1.82) is 5.26 Å². The van der Waals surface area contributed by atoms with E-state index in [2.05, 4.69) is 15.3 Å². The van der Waals surface area contributed by atoms with E-state index in [0.717, 1.165) is 11.1 Å². The van der Waals surface area contributed by atoms with Crippen molar-refractivity contribution in [2.75, 3.05) is 6.54 Å². The number of benzene rings is 1. The lowest BCUT2D eigenvalue weighted by Gasteiger charge is -2.09. The van der Waals surface area contributed by atoms with Crippen LogP contribution in [0.15, 0.2) is 36.7 Å². The molecule has 0 spiro atoms. The fourth-order valence-corrected chi connectivity index (χ4v) is 2.39. The van der Waals surface area contributed by atoms with E-state index in [0.29, 0.717) is 24.4 Å². The third kappa shape index (κ3) is 2.24. The van der Waals surface area contributed by atoms with E-state index < -0.39 is 0 Å². The maximum atomic E-state index is 11.2. The van der Waals surface area contributed by atoms with Crippen LogP contribution in [0.4, 0.5) is 0 Å². The van der Waals surface area contributed by atoms with Gasteiger partial charge in [-0.3, -0.25) is 9.78 Å². The summed E-state index contributed by atoms with van der Waals surface area (Å²) < 4.78 is 0. The van der Waals surface area contributed by atoms with E-state index in [1.54, 1.807) is 6.20 Å². The zero-order valence-corrected chi connectivity index (χ0v) is 10.7. The Morgan fingerprint density at radius 1 is 1.20 bits per heavy atom. The molecule has 0 aliphatic carbocycles. The molecule has 1 aromatic heterocycles. The summed E-state index contributed by atoms with van der Waals surface area (Å²) in [5.41, 5.74) is 2.88. The fraction of sp³-hybridized carbons (Fsp3) is 0.200. The Morgan fingerprint density at radius 3 is 2.60 bits per heavy atom. The van der Waals surface area contributed by atoms with Crippen LogP contribution in [-0.2, 0) is 4.79 Å². The van der Waals surface area contributed by atoms with Crippen LogP contribution < -0.4 is 5.32 Å². The van der Waals surface area contributed by atoms with Crippen LogP contribution in [0, 0.1) is 11.3 Å². The van der Waals surface area contributed by atoms with Gasteiger partial charge in [-0.15, -0.1) is 0 Å². The van der Waals surface area contributed by atoms with Gasteiger partial charge in [0.25, 0.3) is 0 Å². The molecule has 0 saturated carbocycles. The number of nitriles is 1. The lowest BCUT2D eigenvalue weighted by molar-refractivity contribution is -0.119. The van der Waals surface area contributed by atoms with Crippen LogP contribution in [0.5, 0.6) is 0 Å². The van der Waals surface area contributed by atoms with Crippen LogP contribution in [0.3, 0.4) is 0 Å². The number of hydrogen-bond donors (Lipinski definition) is 1.